The second-order valence-electron chi connectivity index (χ2n) is 5.51. The number of hydrogen-bond donors (Lipinski definition) is 2. The molecule has 6 heteroatoms. The van der Waals surface area contributed by atoms with E-state index in [0.717, 1.165) is 19.3 Å². The Labute approximate surface area is 121 Å². The van der Waals surface area contributed by atoms with Gasteiger partial charge in [-0.3, -0.25) is 9.59 Å². The van der Waals surface area contributed by atoms with Crippen LogP contribution in [0.4, 0.5) is 0 Å². The van der Waals surface area contributed by atoms with E-state index in [1.807, 2.05) is 13.8 Å². The van der Waals surface area contributed by atoms with Gasteiger partial charge in [-0.1, -0.05) is 20.3 Å². The highest BCUT2D eigenvalue weighted by Gasteiger charge is 2.26. The molecule has 2 atom stereocenters. The molecular formula is C14H27N3O3. The maximum atomic E-state index is 12.0. The summed E-state index contributed by atoms with van der Waals surface area (Å²) in [6, 6.07) is -0.336. The van der Waals surface area contributed by atoms with Crippen molar-refractivity contribution < 1.29 is 14.3 Å². The minimum Gasteiger partial charge on any atom is -0.375 e. The Morgan fingerprint density at radius 2 is 2.00 bits per heavy atom. The summed E-state index contributed by atoms with van der Waals surface area (Å²) >= 11 is 0. The minimum atomic E-state index is -0.451. The van der Waals surface area contributed by atoms with Crippen LogP contribution in [0.5, 0.6) is 0 Å². The van der Waals surface area contributed by atoms with E-state index in [9.17, 15) is 9.59 Å². The predicted molar refractivity (Wildman–Crippen MR) is 77.1 cm³/mol. The van der Waals surface area contributed by atoms with E-state index in [1.54, 1.807) is 4.90 Å². The third kappa shape index (κ3) is 4.76. The molecular weight excluding hydrogens is 258 g/mol. The number of nitrogens with one attached hydrogen (secondary N) is 1. The monoisotopic (exact) mass is 285 g/mol. The normalized spacial score (nSPS) is 19.5. The topological polar surface area (TPSA) is 84.7 Å². The number of ether oxygens (including phenoxy) is 1. The summed E-state index contributed by atoms with van der Waals surface area (Å²) in [5, 5.41) is 2.99. The number of nitrogens with two attached hydrogens (primary N) is 1. The van der Waals surface area contributed by atoms with E-state index < -0.39 is 6.04 Å². The number of amides is 2. The van der Waals surface area contributed by atoms with Gasteiger partial charge in [0.1, 0.15) is 6.61 Å². The largest absolute Gasteiger partial charge is 0.375 e. The SMILES string of the molecule is CCC(C)[C@H](N)C(=O)NC1CCN(C(=O)COC)CC1. The zero-order chi connectivity index (χ0) is 15.1. The molecule has 0 saturated carbocycles. The van der Waals surface area contributed by atoms with Gasteiger partial charge in [0.25, 0.3) is 0 Å². The highest BCUT2D eigenvalue weighted by Crippen LogP contribution is 2.12. The maximum Gasteiger partial charge on any atom is 0.248 e. The molecule has 6 nitrogen and oxygen atoms in total. The number of carbonyl (C=O) groups excluding carboxylic acids is 2. The van der Waals surface area contributed by atoms with Crippen LogP contribution in [-0.2, 0) is 14.3 Å². The smallest absolute Gasteiger partial charge is 0.248 e. The van der Waals surface area contributed by atoms with Gasteiger partial charge >= 0.3 is 0 Å². The van der Waals surface area contributed by atoms with Crippen molar-refractivity contribution in [1.82, 2.24) is 10.2 Å². The minimum absolute atomic E-state index is 0.00795. The lowest BCUT2D eigenvalue weighted by molar-refractivity contribution is -0.136. The summed E-state index contributed by atoms with van der Waals surface area (Å²) < 4.78 is 4.84. The van der Waals surface area contributed by atoms with E-state index in [-0.39, 0.29) is 30.4 Å². The van der Waals surface area contributed by atoms with Crippen LogP contribution in [0.3, 0.4) is 0 Å². The van der Waals surface area contributed by atoms with Crippen LogP contribution in [0, 0.1) is 5.92 Å². The van der Waals surface area contributed by atoms with E-state index >= 15 is 0 Å². The molecule has 0 spiro atoms. The Morgan fingerprint density at radius 3 is 2.50 bits per heavy atom. The molecule has 0 aliphatic carbocycles. The molecule has 0 aromatic carbocycles. The first-order chi connectivity index (χ1) is 9.49. The average molecular weight is 285 g/mol. The van der Waals surface area contributed by atoms with Crippen LogP contribution in [0.2, 0.25) is 0 Å². The predicted octanol–water partition coefficient (Wildman–Crippen LogP) is 0.113. The quantitative estimate of drug-likeness (QED) is 0.725. The van der Waals surface area contributed by atoms with Gasteiger partial charge in [-0.25, -0.2) is 0 Å². The van der Waals surface area contributed by atoms with Crippen molar-refractivity contribution in [3.63, 3.8) is 0 Å². The summed E-state index contributed by atoms with van der Waals surface area (Å²) in [5.74, 6) is 0.105. The lowest BCUT2D eigenvalue weighted by atomic mass is 9.98. The zero-order valence-electron chi connectivity index (χ0n) is 12.7. The first-order valence-electron chi connectivity index (χ1n) is 7.32. The fourth-order valence-electron chi connectivity index (χ4n) is 2.30. The molecule has 20 heavy (non-hydrogen) atoms. The van der Waals surface area contributed by atoms with Crippen molar-refractivity contribution in [1.29, 1.82) is 0 Å². The molecule has 0 aromatic heterocycles. The molecule has 2 amide bonds. The summed E-state index contributed by atoms with van der Waals surface area (Å²) in [4.78, 5) is 25.4. The van der Waals surface area contributed by atoms with Gasteiger partial charge in [-0.05, 0) is 18.8 Å². The van der Waals surface area contributed by atoms with Crippen molar-refractivity contribution in [3.8, 4) is 0 Å². The fourth-order valence-corrected chi connectivity index (χ4v) is 2.30. The van der Waals surface area contributed by atoms with Gasteiger partial charge in [0.2, 0.25) is 11.8 Å². The average Bonchev–Trinajstić information content (AvgIpc) is 2.46. The molecule has 1 rings (SSSR count). The summed E-state index contributed by atoms with van der Waals surface area (Å²) in [6.07, 6.45) is 2.43. The highest BCUT2D eigenvalue weighted by molar-refractivity contribution is 5.82. The molecule has 1 unspecified atom stereocenters. The van der Waals surface area contributed by atoms with E-state index in [4.69, 9.17) is 10.5 Å². The van der Waals surface area contributed by atoms with Crippen LogP contribution in [0.25, 0.3) is 0 Å². The van der Waals surface area contributed by atoms with Crippen LogP contribution in [-0.4, -0.2) is 55.6 Å². The highest BCUT2D eigenvalue weighted by atomic mass is 16.5. The fraction of sp³-hybridized carbons (Fsp3) is 0.857. The molecule has 0 radical (unpaired) electrons. The third-order valence-corrected chi connectivity index (χ3v) is 4.02. The Morgan fingerprint density at radius 1 is 1.40 bits per heavy atom. The number of nitrogens with zero attached hydrogens (tertiary/aromatic N) is 1. The number of rotatable bonds is 6. The van der Waals surface area contributed by atoms with Gasteiger partial charge in [0.15, 0.2) is 0 Å². The van der Waals surface area contributed by atoms with Gasteiger partial charge in [0, 0.05) is 26.2 Å². The van der Waals surface area contributed by atoms with Crippen molar-refractivity contribution in [2.24, 2.45) is 11.7 Å². The second-order valence-corrected chi connectivity index (χ2v) is 5.51. The maximum absolute atomic E-state index is 12.0. The second kappa shape index (κ2) is 8.21. The van der Waals surface area contributed by atoms with Crippen LogP contribution < -0.4 is 11.1 Å². The van der Waals surface area contributed by atoms with Crippen molar-refractivity contribution in [3.05, 3.63) is 0 Å². The summed E-state index contributed by atoms with van der Waals surface area (Å²) in [5.41, 5.74) is 5.91. The number of hydrogen-bond acceptors (Lipinski definition) is 4. The first kappa shape index (κ1) is 16.9. The molecule has 0 aromatic rings. The standard InChI is InChI=1S/C14H27N3O3/c1-4-10(2)13(15)14(19)16-11-5-7-17(8-6-11)12(18)9-20-3/h10-11,13H,4-9,15H2,1-3H3,(H,16,19)/t10?,13-/m0/s1. The molecule has 1 aliphatic rings. The molecule has 0 bridgehead atoms. The van der Waals surface area contributed by atoms with Crippen molar-refractivity contribution in [2.75, 3.05) is 26.8 Å². The molecule has 1 aliphatic heterocycles. The molecule has 1 saturated heterocycles. The summed E-state index contributed by atoms with van der Waals surface area (Å²) in [6.45, 7) is 5.45. The number of likely N-dealkylation sites (tertiary alicyclic amines) is 1. The Hall–Kier alpha value is -1.14. The van der Waals surface area contributed by atoms with Crippen LogP contribution in [0.1, 0.15) is 33.1 Å². The van der Waals surface area contributed by atoms with E-state index in [0.29, 0.717) is 13.1 Å². The number of methoxy groups -OCH3 is 1. The Kier molecular flexibility index (Phi) is 6.95. The first-order valence-corrected chi connectivity index (χ1v) is 7.32. The summed E-state index contributed by atoms with van der Waals surface area (Å²) in [7, 11) is 1.52. The molecule has 3 N–H and O–H groups in total. The Bertz CT molecular complexity index is 328. The molecule has 116 valence electrons. The van der Waals surface area contributed by atoms with Gasteiger partial charge < -0.3 is 20.7 Å². The van der Waals surface area contributed by atoms with Crippen molar-refractivity contribution >= 4 is 11.8 Å². The van der Waals surface area contributed by atoms with Gasteiger partial charge in [0.05, 0.1) is 6.04 Å². The van der Waals surface area contributed by atoms with Crippen molar-refractivity contribution in [2.45, 2.75) is 45.2 Å². The van der Waals surface area contributed by atoms with Gasteiger partial charge in [-0.15, -0.1) is 0 Å². The van der Waals surface area contributed by atoms with E-state index in [1.165, 1.54) is 7.11 Å². The molecule has 1 fully saturated rings. The lowest BCUT2D eigenvalue weighted by Gasteiger charge is -2.33. The van der Waals surface area contributed by atoms with Crippen LogP contribution in [0.15, 0.2) is 0 Å². The van der Waals surface area contributed by atoms with Gasteiger partial charge in [-0.2, -0.15) is 0 Å². The third-order valence-electron chi connectivity index (χ3n) is 4.02. The van der Waals surface area contributed by atoms with Crippen LogP contribution >= 0.6 is 0 Å². The Balaban J connectivity index is 2.35. The van der Waals surface area contributed by atoms with E-state index in [2.05, 4.69) is 5.32 Å². The molecule has 1 heterocycles. The number of carbonyl (C=O) groups is 2. The number of piperidine rings is 1. The zero-order valence-corrected chi connectivity index (χ0v) is 12.7. The lowest BCUT2D eigenvalue weighted by Crippen LogP contribution is -2.52.